The zero-order chi connectivity index (χ0) is 12.3. The topological polar surface area (TPSA) is 46.9 Å². The number of hydrogen-bond acceptors (Lipinski definition) is 2. The molecule has 1 N–H and O–H groups in total. The van der Waals surface area contributed by atoms with Crippen molar-refractivity contribution in [3.05, 3.63) is 30.1 Å². The Morgan fingerprint density at radius 2 is 2.29 bits per heavy atom. The highest BCUT2D eigenvalue weighted by atomic mass is 16.1. The summed E-state index contributed by atoms with van der Waals surface area (Å²) in [5.41, 5.74) is 1.88. The maximum atomic E-state index is 10.9. The predicted octanol–water partition coefficient (Wildman–Crippen LogP) is 1.31. The molecule has 0 saturated carbocycles. The summed E-state index contributed by atoms with van der Waals surface area (Å²) in [5.74, 6) is 3.30. The van der Waals surface area contributed by atoms with Crippen LogP contribution in [0, 0.1) is 12.3 Å². The van der Waals surface area contributed by atoms with Gasteiger partial charge in [-0.1, -0.05) is 18.1 Å². The van der Waals surface area contributed by atoms with E-state index in [1.165, 1.54) is 6.92 Å². The van der Waals surface area contributed by atoms with Crippen molar-refractivity contribution in [2.75, 3.05) is 0 Å². The van der Waals surface area contributed by atoms with Crippen LogP contribution < -0.4 is 5.32 Å². The van der Waals surface area contributed by atoms with E-state index in [-0.39, 0.29) is 5.91 Å². The molecule has 0 saturated heterocycles. The molecule has 1 amide bonds. The van der Waals surface area contributed by atoms with Gasteiger partial charge in [-0.15, -0.1) is 6.42 Å². The molecular formula is C13H13N3O. The van der Waals surface area contributed by atoms with Gasteiger partial charge in [-0.2, -0.15) is 0 Å². The van der Waals surface area contributed by atoms with Gasteiger partial charge in [0, 0.05) is 6.92 Å². The van der Waals surface area contributed by atoms with Crippen molar-refractivity contribution < 1.29 is 4.79 Å². The van der Waals surface area contributed by atoms with Gasteiger partial charge in [0.05, 0.1) is 24.1 Å². The van der Waals surface area contributed by atoms with E-state index in [0.29, 0.717) is 13.1 Å². The zero-order valence-corrected chi connectivity index (χ0v) is 9.60. The highest BCUT2D eigenvalue weighted by Gasteiger charge is 2.09. The predicted molar refractivity (Wildman–Crippen MR) is 66.1 cm³/mol. The minimum Gasteiger partial charge on any atom is -0.349 e. The number of nitrogens with one attached hydrogen (secondary N) is 1. The van der Waals surface area contributed by atoms with Crippen molar-refractivity contribution in [2.45, 2.75) is 20.0 Å². The Kier molecular flexibility index (Phi) is 3.10. The van der Waals surface area contributed by atoms with Crippen LogP contribution in [0.5, 0.6) is 0 Å². The largest absolute Gasteiger partial charge is 0.349 e. The Morgan fingerprint density at radius 3 is 3.00 bits per heavy atom. The summed E-state index contributed by atoms with van der Waals surface area (Å²) in [5, 5.41) is 2.73. The van der Waals surface area contributed by atoms with Crippen LogP contribution in [0.25, 0.3) is 11.0 Å². The van der Waals surface area contributed by atoms with Crippen LogP contribution >= 0.6 is 0 Å². The molecule has 0 aliphatic heterocycles. The second-order valence-electron chi connectivity index (χ2n) is 3.72. The van der Waals surface area contributed by atoms with E-state index in [1.54, 1.807) is 0 Å². The first-order chi connectivity index (χ1) is 8.22. The van der Waals surface area contributed by atoms with Crippen molar-refractivity contribution in [3.8, 4) is 12.3 Å². The summed E-state index contributed by atoms with van der Waals surface area (Å²) in [6.45, 7) is 2.33. The van der Waals surface area contributed by atoms with E-state index >= 15 is 0 Å². The first-order valence-corrected chi connectivity index (χ1v) is 5.34. The molecule has 0 atom stereocenters. The summed E-state index contributed by atoms with van der Waals surface area (Å²) in [7, 11) is 0. The number of carbonyl (C=O) groups is 1. The van der Waals surface area contributed by atoms with E-state index < -0.39 is 0 Å². The Labute approximate surface area is 99.7 Å². The molecule has 17 heavy (non-hydrogen) atoms. The van der Waals surface area contributed by atoms with Gasteiger partial charge in [0.15, 0.2) is 0 Å². The number of carbonyl (C=O) groups excluding carboxylic acids is 1. The lowest BCUT2D eigenvalue weighted by Gasteiger charge is -2.05. The minimum absolute atomic E-state index is 0.0793. The molecule has 1 aromatic heterocycles. The lowest BCUT2D eigenvalue weighted by molar-refractivity contribution is -0.119. The van der Waals surface area contributed by atoms with Crippen molar-refractivity contribution in [1.82, 2.24) is 14.9 Å². The van der Waals surface area contributed by atoms with Crippen molar-refractivity contribution in [1.29, 1.82) is 0 Å². The molecule has 1 aromatic carbocycles. The number of nitrogens with zero attached hydrogens (tertiary/aromatic N) is 2. The molecule has 0 bridgehead atoms. The average Bonchev–Trinajstić information content (AvgIpc) is 2.66. The van der Waals surface area contributed by atoms with Gasteiger partial charge in [0.2, 0.25) is 5.91 Å². The van der Waals surface area contributed by atoms with Crippen LogP contribution in [-0.2, 0) is 17.9 Å². The number of hydrogen-bond donors (Lipinski definition) is 1. The first kappa shape index (κ1) is 11.2. The Bertz CT molecular complexity index is 592. The summed E-state index contributed by atoms with van der Waals surface area (Å²) < 4.78 is 1.94. The molecule has 2 aromatic rings. The standard InChI is InChI=1S/C13H13N3O/c1-3-8-16-12-7-5-4-6-11(12)15-13(16)9-14-10(2)17/h1,4-7H,8-9H2,2H3,(H,14,17). The van der Waals surface area contributed by atoms with E-state index in [2.05, 4.69) is 16.2 Å². The molecule has 4 heteroatoms. The van der Waals surface area contributed by atoms with Crippen LogP contribution in [0.2, 0.25) is 0 Å². The van der Waals surface area contributed by atoms with E-state index in [0.717, 1.165) is 16.9 Å². The number of terminal acetylenes is 1. The van der Waals surface area contributed by atoms with Gasteiger partial charge in [-0.05, 0) is 12.1 Å². The first-order valence-electron chi connectivity index (χ1n) is 5.34. The van der Waals surface area contributed by atoms with Crippen LogP contribution in [0.4, 0.5) is 0 Å². The number of para-hydroxylation sites is 2. The third-order valence-corrected chi connectivity index (χ3v) is 2.48. The highest BCUT2D eigenvalue weighted by Crippen LogP contribution is 2.15. The fraction of sp³-hybridized carbons (Fsp3) is 0.231. The number of imidazole rings is 1. The molecule has 86 valence electrons. The smallest absolute Gasteiger partial charge is 0.217 e. The Hall–Kier alpha value is -2.28. The SMILES string of the molecule is C#CCn1c(CNC(C)=O)nc2ccccc21. The van der Waals surface area contributed by atoms with Gasteiger partial charge < -0.3 is 9.88 Å². The molecule has 4 nitrogen and oxygen atoms in total. The Morgan fingerprint density at radius 1 is 1.53 bits per heavy atom. The molecule has 2 rings (SSSR count). The van der Waals surface area contributed by atoms with Crippen LogP contribution in [-0.4, -0.2) is 15.5 Å². The third kappa shape index (κ3) is 2.28. The normalized spacial score (nSPS) is 10.1. The van der Waals surface area contributed by atoms with Gasteiger partial charge in [-0.3, -0.25) is 4.79 Å². The van der Waals surface area contributed by atoms with E-state index in [4.69, 9.17) is 6.42 Å². The van der Waals surface area contributed by atoms with Crippen LogP contribution in [0.1, 0.15) is 12.7 Å². The molecule has 0 spiro atoms. The number of benzene rings is 1. The Balaban J connectivity index is 2.43. The molecule has 0 aliphatic rings. The van der Waals surface area contributed by atoms with Crippen molar-refractivity contribution in [3.63, 3.8) is 0 Å². The van der Waals surface area contributed by atoms with Gasteiger partial charge in [0.25, 0.3) is 0 Å². The third-order valence-electron chi connectivity index (χ3n) is 2.48. The molecule has 0 unspecified atom stereocenters. The van der Waals surface area contributed by atoms with Gasteiger partial charge in [-0.25, -0.2) is 4.98 Å². The quantitative estimate of drug-likeness (QED) is 0.803. The molecule has 0 fully saturated rings. The van der Waals surface area contributed by atoms with E-state index in [1.807, 2.05) is 28.8 Å². The maximum Gasteiger partial charge on any atom is 0.217 e. The monoisotopic (exact) mass is 227 g/mol. The van der Waals surface area contributed by atoms with Crippen molar-refractivity contribution >= 4 is 16.9 Å². The number of fused-ring (bicyclic) bond motifs is 1. The molecule has 0 aliphatic carbocycles. The van der Waals surface area contributed by atoms with Crippen molar-refractivity contribution in [2.24, 2.45) is 0 Å². The molecular weight excluding hydrogens is 214 g/mol. The van der Waals surface area contributed by atoms with Gasteiger partial charge in [0.1, 0.15) is 5.82 Å². The summed E-state index contributed by atoms with van der Waals surface area (Å²) in [6, 6.07) is 7.77. The second-order valence-corrected chi connectivity index (χ2v) is 3.72. The second kappa shape index (κ2) is 4.71. The number of amides is 1. The van der Waals surface area contributed by atoms with Crippen LogP contribution in [0.15, 0.2) is 24.3 Å². The van der Waals surface area contributed by atoms with E-state index in [9.17, 15) is 4.79 Å². The maximum absolute atomic E-state index is 10.9. The average molecular weight is 227 g/mol. The molecule has 0 radical (unpaired) electrons. The minimum atomic E-state index is -0.0793. The fourth-order valence-corrected chi connectivity index (χ4v) is 1.73. The highest BCUT2D eigenvalue weighted by molar-refractivity contribution is 5.76. The lowest BCUT2D eigenvalue weighted by Crippen LogP contribution is -2.21. The lowest BCUT2D eigenvalue weighted by atomic mass is 10.3. The summed E-state index contributed by atoms with van der Waals surface area (Å²) in [4.78, 5) is 15.4. The number of aromatic nitrogens is 2. The zero-order valence-electron chi connectivity index (χ0n) is 9.60. The summed E-state index contributed by atoms with van der Waals surface area (Å²) >= 11 is 0. The summed E-state index contributed by atoms with van der Waals surface area (Å²) in [6.07, 6.45) is 5.35. The fourth-order valence-electron chi connectivity index (χ4n) is 1.73. The number of rotatable bonds is 3. The molecule has 1 heterocycles. The van der Waals surface area contributed by atoms with Gasteiger partial charge >= 0.3 is 0 Å². The van der Waals surface area contributed by atoms with Crippen LogP contribution in [0.3, 0.4) is 0 Å².